The van der Waals surface area contributed by atoms with E-state index in [0.717, 1.165) is 12.3 Å². The van der Waals surface area contributed by atoms with Gasteiger partial charge in [0, 0.05) is 12.3 Å². The van der Waals surface area contributed by atoms with E-state index in [1.165, 1.54) is 31.4 Å². The van der Waals surface area contributed by atoms with E-state index < -0.39 is 22.1 Å². The van der Waals surface area contributed by atoms with Gasteiger partial charge in [-0.25, -0.2) is 22.9 Å². The average Bonchev–Trinajstić information content (AvgIpc) is 2.55. The number of aromatic nitrogens is 1. The van der Waals surface area contributed by atoms with E-state index in [0.29, 0.717) is 0 Å². The van der Waals surface area contributed by atoms with E-state index in [-0.39, 0.29) is 22.1 Å². The Morgan fingerprint density at radius 3 is 2.46 bits per heavy atom. The number of hydrogen-bond acceptors (Lipinski definition) is 7. The Labute approximate surface area is 136 Å². The van der Waals surface area contributed by atoms with Crippen molar-refractivity contribution in [2.24, 2.45) is 0 Å². The summed E-state index contributed by atoms with van der Waals surface area (Å²) >= 11 is 0. The molecule has 2 aromatic rings. The van der Waals surface area contributed by atoms with E-state index in [2.05, 4.69) is 9.72 Å². The van der Waals surface area contributed by atoms with Gasteiger partial charge in [-0.1, -0.05) is 18.2 Å². The van der Waals surface area contributed by atoms with Crippen LogP contribution in [0.15, 0.2) is 47.5 Å². The highest BCUT2D eigenvalue weighted by Crippen LogP contribution is 2.25. The normalized spacial score (nSPS) is 10.7. The fourth-order valence-electron chi connectivity index (χ4n) is 1.70. The van der Waals surface area contributed by atoms with Gasteiger partial charge in [-0.2, -0.15) is 0 Å². The second kappa shape index (κ2) is 6.96. The number of sulfonamides is 1. The molecule has 1 aromatic carbocycles. The zero-order chi connectivity index (χ0) is 17.7. The van der Waals surface area contributed by atoms with Gasteiger partial charge in [0.1, 0.15) is 0 Å². The van der Waals surface area contributed by atoms with Crippen molar-refractivity contribution in [2.45, 2.75) is 4.90 Å². The first-order valence-corrected chi connectivity index (χ1v) is 7.89. The molecule has 126 valence electrons. The number of nitrogens with zero attached hydrogens (tertiary/aromatic N) is 1. The van der Waals surface area contributed by atoms with Crippen molar-refractivity contribution in [3.8, 4) is 11.6 Å². The molecule has 0 aliphatic heterocycles. The van der Waals surface area contributed by atoms with Crippen molar-refractivity contribution < 1.29 is 32.6 Å². The average molecular weight is 352 g/mol. The maximum atomic E-state index is 12.1. The monoisotopic (exact) mass is 352 g/mol. The number of amides is 1. The molecule has 0 spiro atoms. The van der Waals surface area contributed by atoms with Crippen LogP contribution in [0, 0.1) is 0 Å². The lowest BCUT2D eigenvalue weighted by Crippen LogP contribution is -2.30. The number of pyridine rings is 1. The fourth-order valence-corrected chi connectivity index (χ4v) is 2.70. The van der Waals surface area contributed by atoms with Crippen LogP contribution in [0.25, 0.3) is 0 Å². The molecule has 0 unspecified atom stereocenters. The van der Waals surface area contributed by atoms with E-state index in [1.807, 2.05) is 4.72 Å². The van der Waals surface area contributed by atoms with Gasteiger partial charge in [-0.3, -0.25) is 4.79 Å². The number of benzene rings is 1. The molecule has 9 nitrogen and oxygen atoms in total. The summed E-state index contributed by atoms with van der Waals surface area (Å²) in [5.41, 5.74) is -0.149. The molecule has 2 N–H and O–H groups in total. The predicted molar refractivity (Wildman–Crippen MR) is 80.5 cm³/mol. The molecule has 24 heavy (non-hydrogen) atoms. The molecule has 1 heterocycles. The zero-order valence-electron chi connectivity index (χ0n) is 12.3. The molecule has 1 amide bonds. The lowest BCUT2D eigenvalue weighted by molar-refractivity contribution is 0.0980. The van der Waals surface area contributed by atoms with Crippen LogP contribution in [0.2, 0.25) is 0 Å². The topological polar surface area (TPSA) is 132 Å². The molecule has 0 bridgehead atoms. The molecular weight excluding hydrogens is 340 g/mol. The van der Waals surface area contributed by atoms with E-state index in [1.54, 1.807) is 6.07 Å². The third-order valence-electron chi connectivity index (χ3n) is 2.76. The molecule has 0 saturated heterocycles. The number of nitrogens with one attached hydrogen (secondary N) is 1. The Kier molecular flexibility index (Phi) is 4.99. The number of methoxy groups -OCH3 is 1. The molecule has 0 atom stereocenters. The fraction of sp³-hybridized carbons (Fsp3) is 0.0714. The molecule has 0 radical (unpaired) electrons. The third kappa shape index (κ3) is 3.98. The van der Waals surface area contributed by atoms with Gasteiger partial charge >= 0.3 is 6.16 Å². The lowest BCUT2D eigenvalue weighted by atomic mass is 10.2. The second-order valence-electron chi connectivity index (χ2n) is 4.35. The molecule has 1 aromatic heterocycles. The number of rotatable bonds is 5. The number of carbonyl (C=O) groups excluding carboxylic acids is 1. The summed E-state index contributed by atoms with van der Waals surface area (Å²) in [5, 5.41) is 8.57. The minimum Gasteiger partial charge on any atom is -0.491 e. The second-order valence-corrected chi connectivity index (χ2v) is 6.03. The summed E-state index contributed by atoms with van der Waals surface area (Å²) in [5.74, 6) is -1.46. The summed E-state index contributed by atoms with van der Waals surface area (Å²) < 4.78 is 35.3. The minimum atomic E-state index is -4.05. The van der Waals surface area contributed by atoms with Crippen LogP contribution >= 0.6 is 0 Å². The van der Waals surface area contributed by atoms with E-state index >= 15 is 0 Å². The molecular formula is C14H12N2O7S. The van der Waals surface area contributed by atoms with Gasteiger partial charge < -0.3 is 14.6 Å². The Balaban J connectivity index is 2.25. The maximum Gasteiger partial charge on any atom is 0.512 e. The van der Waals surface area contributed by atoms with Crippen molar-refractivity contribution in [1.82, 2.24) is 9.71 Å². The summed E-state index contributed by atoms with van der Waals surface area (Å²) in [4.78, 5) is 26.2. The quantitative estimate of drug-likeness (QED) is 0.769. The van der Waals surface area contributed by atoms with Gasteiger partial charge in [0.05, 0.1) is 17.6 Å². The van der Waals surface area contributed by atoms with Crippen molar-refractivity contribution >= 4 is 22.1 Å². The first-order chi connectivity index (χ1) is 11.3. The predicted octanol–water partition coefficient (Wildman–Crippen LogP) is 1.27. The first kappa shape index (κ1) is 17.2. The van der Waals surface area contributed by atoms with E-state index in [4.69, 9.17) is 9.84 Å². The van der Waals surface area contributed by atoms with Crippen LogP contribution in [0.3, 0.4) is 0 Å². The standard InChI is InChI=1S/C14H12N2O7S/c1-22-11-7-9(8-15-13(11)23-14(18)19)12(17)16-24(20,21)10-5-3-2-4-6-10/h2-8H,1H3,(H,16,17)(H,18,19). The highest BCUT2D eigenvalue weighted by atomic mass is 32.2. The molecule has 0 saturated carbocycles. The lowest BCUT2D eigenvalue weighted by Gasteiger charge is -2.09. The van der Waals surface area contributed by atoms with Gasteiger partial charge in [0.25, 0.3) is 21.8 Å². The van der Waals surface area contributed by atoms with Crippen LogP contribution in [-0.4, -0.2) is 37.7 Å². The SMILES string of the molecule is COc1cc(C(=O)NS(=O)(=O)c2ccccc2)cnc1OC(=O)O. The van der Waals surface area contributed by atoms with Crippen molar-refractivity contribution in [1.29, 1.82) is 0 Å². The summed E-state index contributed by atoms with van der Waals surface area (Å²) in [7, 11) is -2.83. The number of carboxylic acid groups (broad SMARTS) is 1. The van der Waals surface area contributed by atoms with Gasteiger partial charge in [-0.05, 0) is 12.1 Å². The molecule has 0 aliphatic carbocycles. The minimum absolute atomic E-state index is 0.0795. The van der Waals surface area contributed by atoms with Crippen molar-refractivity contribution in [2.75, 3.05) is 7.11 Å². The van der Waals surface area contributed by atoms with Crippen LogP contribution in [0.5, 0.6) is 11.6 Å². The highest BCUT2D eigenvalue weighted by molar-refractivity contribution is 7.90. The van der Waals surface area contributed by atoms with Crippen LogP contribution in [-0.2, 0) is 10.0 Å². The molecule has 0 aliphatic rings. The molecule has 0 fully saturated rings. The van der Waals surface area contributed by atoms with Crippen molar-refractivity contribution in [3.05, 3.63) is 48.2 Å². The van der Waals surface area contributed by atoms with Crippen LogP contribution in [0.4, 0.5) is 4.79 Å². The summed E-state index contributed by atoms with van der Waals surface area (Å²) in [6.45, 7) is 0. The zero-order valence-corrected chi connectivity index (χ0v) is 13.1. The Hall–Kier alpha value is -3.14. The Bertz CT molecular complexity index is 866. The Morgan fingerprint density at radius 2 is 1.88 bits per heavy atom. The summed E-state index contributed by atoms with van der Waals surface area (Å²) in [6.07, 6.45) is -0.638. The number of carbonyl (C=O) groups is 2. The van der Waals surface area contributed by atoms with Crippen LogP contribution in [0.1, 0.15) is 10.4 Å². The van der Waals surface area contributed by atoms with Gasteiger partial charge in [0.2, 0.25) is 0 Å². The van der Waals surface area contributed by atoms with Crippen molar-refractivity contribution in [3.63, 3.8) is 0 Å². The number of ether oxygens (including phenoxy) is 2. The largest absolute Gasteiger partial charge is 0.512 e. The molecule has 10 heteroatoms. The molecule has 2 rings (SSSR count). The highest BCUT2D eigenvalue weighted by Gasteiger charge is 2.20. The number of hydrogen-bond donors (Lipinski definition) is 2. The maximum absolute atomic E-state index is 12.1. The third-order valence-corrected chi connectivity index (χ3v) is 4.11. The van der Waals surface area contributed by atoms with Crippen LogP contribution < -0.4 is 14.2 Å². The first-order valence-electron chi connectivity index (χ1n) is 6.40. The summed E-state index contributed by atoms with van der Waals surface area (Å²) in [6, 6.07) is 8.44. The van der Waals surface area contributed by atoms with E-state index in [9.17, 15) is 18.0 Å². The Morgan fingerprint density at radius 1 is 1.21 bits per heavy atom. The smallest absolute Gasteiger partial charge is 0.491 e. The van der Waals surface area contributed by atoms with Gasteiger partial charge in [0.15, 0.2) is 5.75 Å². The van der Waals surface area contributed by atoms with Gasteiger partial charge in [-0.15, -0.1) is 0 Å².